The second-order valence-electron chi connectivity index (χ2n) is 5.58. The fraction of sp³-hybridized carbons (Fsp3) is 0.500. The minimum atomic E-state index is -3.49. The van der Waals surface area contributed by atoms with Crippen molar-refractivity contribution in [2.24, 2.45) is 5.92 Å². The Hall–Kier alpha value is -1.58. The van der Waals surface area contributed by atoms with E-state index in [1.165, 1.54) is 18.4 Å². The van der Waals surface area contributed by atoms with Gasteiger partial charge in [-0.05, 0) is 25.0 Å². The third kappa shape index (κ3) is 4.04. The summed E-state index contributed by atoms with van der Waals surface area (Å²) < 4.78 is 52.8. The van der Waals surface area contributed by atoms with Crippen molar-refractivity contribution in [2.45, 2.75) is 12.8 Å². The van der Waals surface area contributed by atoms with Crippen molar-refractivity contribution in [1.29, 1.82) is 0 Å². The van der Waals surface area contributed by atoms with Crippen LogP contribution in [0, 0.1) is 17.6 Å². The number of benzene rings is 1. The monoisotopic (exact) mass is 347 g/mol. The molecule has 0 radical (unpaired) electrons. The van der Waals surface area contributed by atoms with Gasteiger partial charge in [-0.1, -0.05) is 0 Å². The topological polar surface area (TPSA) is 69.7 Å². The van der Waals surface area contributed by atoms with Crippen LogP contribution in [0.3, 0.4) is 0 Å². The largest absolute Gasteiger partial charge is 0.323 e. The molecule has 1 amide bonds. The highest BCUT2D eigenvalue weighted by molar-refractivity contribution is 7.86. The van der Waals surface area contributed by atoms with Crippen LogP contribution in [0.5, 0.6) is 0 Å². The highest BCUT2D eigenvalue weighted by Gasteiger charge is 2.32. The maximum atomic E-state index is 13.5. The van der Waals surface area contributed by atoms with Crippen LogP contribution < -0.4 is 5.32 Å². The van der Waals surface area contributed by atoms with Gasteiger partial charge in [0.1, 0.15) is 11.6 Å². The predicted octanol–water partition coefficient (Wildman–Crippen LogP) is 1.42. The minimum absolute atomic E-state index is 0.0836. The number of anilines is 1. The molecule has 1 aromatic carbocycles. The summed E-state index contributed by atoms with van der Waals surface area (Å²) in [6, 6.07) is 2.92. The van der Waals surface area contributed by atoms with E-state index in [1.54, 1.807) is 0 Å². The molecular formula is C14H19F2N3O3S. The summed E-state index contributed by atoms with van der Waals surface area (Å²) in [7, 11) is -0.586. The molecule has 0 aliphatic carbocycles. The average molecular weight is 347 g/mol. The third-order valence-corrected chi connectivity index (χ3v) is 5.74. The van der Waals surface area contributed by atoms with Crippen molar-refractivity contribution in [3.05, 3.63) is 29.8 Å². The minimum Gasteiger partial charge on any atom is -0.323 e. The first kappa shape index (κ1) is 17.8. The van der Waals surface area contributed by atoms with Crippen LogP contribution in [-0.2, 0) is 15.0 Å². The van der Waals surface area contributed by atoms with Crippen LogP contribution in [0.15, 0.2) is 18.2 Å². The zero-order chi connectivity index (χ0) is 17.2. The van der Waals surface area contributed by atoms with E-state index in [1.807, 2.05) is 0 Å². The summed E-state index contributed by atoms with van der Waals surface area (Å²) in [5.74, 6) is -2.36. The molecule has 0 aromatic heterocycles. The van der Waals surface area contributed by atoms with Gasteiger partial charge >= 0.3 is 0 Å². The number of hydrogen-bond donors (Lipinski definition) is 1. The van der Waals surface area contributed by atoms with E-state index in [4.69, 9.17) is 0 Å². The van der Waals surface area contributed by atoms with Gasteiger partial charge in [-0.3, -0.25) is 4.79 Å². The lowest BCUT2D eigenvalue weighted by molar-refractivity contribution is -0.120. The van der Waals surface area contributed by atoms with Gasteiger partial charge in [-0.25, -0.2) is 8.78 Å². The van der Waals surface area contributed by atoms with Crippen molar-refractivity contribution in [1.82, 2.24) is 8.61 Å². The van der Waals surface area contributed by atoms with Gasteiger partial charge in [0.15, 0.2) is 0 Å². The van der Waals surface area contributed by atoms with Crippen LogP contribution in [0.2, 0.25) is 0 Å². The smallest absolute Gasteiger partial charge is 0.281 e. The van der Waals surface area contributed by atoms with Gasteiger partial charge in [0, 0.05) is 39.2 Å². The Morgan fingerprint density at radius 2 is 1.87 bits per heavy atom. The Kier molecular flexibility index (Phi) is 5.33. The maximum absolute atomic E-state index is 13.5. The van der Waals surface area contributed by atoms with Crippen molar-refractivity contribution < 1.29 is 22.0 Å². The van der Waals surface area contributed by atoms with Crippen molar-refractivity contribution in [3.8, 4) is 0 Å². The van der Waals surface area contributed by atoms with E-state index in [9.17, 15) is 22.0 Å². The summed E-state index contributed by atoms with van der Waals surface area (Å²) in [4.78, 5) is 12.1. The normalized spacial score (nSPS) is 17.4. The molecule has 1 aliphatic rings. The Bertz CT molecular complexity index is 687. The van der Waals surface area contributed by atoms with Gasteiger partial charge in [0.2, 0.25) is 5.91 Å². The molecule has 1 saturated heterocycles. The molecule has 0 spiro atoms. The molecule has 1 aromatic rings. The van der Waals surface area contributed by atoms with E-state index in [0.717, 1.165) is 16.4 Å². The second kappa shape index (κ2) is 6.90. The molecule has 9 heteroatoms. The maximum Gasteiger partial charge on any atom is 0.281 e. The Morgan fingerprint density at radius 1 is 1.26 bits per heavy atom. The lowest BCUT2D eigenvalue weighted by Gasteiger charge is -2.32. The highest BCUT2D eigenvalue weighted by Crippen LogP contribution is 2.23. The number of carbonyl (C=O) groups is 1. The summed E-state index contributed by atoms with van der Waals surface area (Å²) in [5, 5.41) is 2.42. The summed E-state index contributed by atoms with van der Waals surface area (Å²) in [5.41, 5.74) is -0.0836. The predicted molar refractivity (Wildman–Crippen MR) is 81.9 cm³/mol. The molecule has 1 aliphatic heterocycles. The number of piperidine rings is 1. The SMILES string of the molecule is CN(C)S(=O)(=O)N1CCC(C(=O)Nc2ccc(F)cc2F)CC1. The molecule has 0 saturated carbocycles. The molecular weight excluding hydrogens is 328 g/mol. The number of rotatable bonds is 4. The van der Waals surface area contributed by atoms with E-state index in [-0.39, 0.29) is 18.8 Å². The van der Waals surface area contributed by atoms with Crippen molar-refractivity contribution in [2.75, 3.05) is 32.5 Å². The summed E-state index contributed by atoms with van der Waals surface area (Å²) in [6.07, 6.45) is 0.698. The van der Waals surface area contributed by atoms with E-state index in [2.05, 4.69) is 5.32 Å². The lowest BCUT2D eigenvalue weighted by Crippen LogP contribution is -2.46. The second-order valence-corrected chi connectivity index (χ2v) is 7.72. The van der Waals surface area contributed by atoms with Gasteiger partial charge in [-0.15, -0.1) is 0 Å². The van der Waals surface area contributed by atoms with Crippen LogP contribution in [0.4, 0.5) is 14.5 Å². The van der Waals surface area contributed by atoms with Gasteiger partial charge in [0.05, 0.1) is 5.69 Å². The molecule has 23 heavy (non-hydrogen) atoms. The fourth-order valence-corrected chi connectivity index (χ4v) is 3.54. The van der Waals surface area contributed by atoms with Crippen LogP contribution in [0.1, 0.15) is 12.8 Å². The zero-order valence-corrected chi connectivity index (χ0v) is 13.7. The highest BCUT2D eigenvalue weighted by atomic mass is 32.2. The number of amides is 1. The van der Waals surface area contributed by atoms with E-state index >= 15 is 0 Å². The number of nitrogens with one attached hydrogen (secondary N) is 1. The molecule has 0 unspecified atom stereocenters. The molecule has 0 bridgehead atoms. The van der Waals surface area contributed by atoms with Crippen LogP contribution in [-0.4, -0.2) is 50.1 Å². The molecule has 6 nitrogen and oxygen atoms in total. The first-order valence-corrected chi connectivity index (χ1v) is 8.55. The number of carbonyl (C=O) groups excluding carboxylic acids is 1. The molecule has 2 rings (SSSR count). The summed E-state index contributed by atoms with van der Waals surface area (Å²) >= 11 is 0. The standard InChI is InChI=1S/C14H19F2N3O3S/c1-18(2)23(21,22)19-7-5-10(6-8-19)14(20)17-13-4-3-11(15)9-12(13)16/h3-4,9-10H,5-8H2,1-2H3,(H,17,20). The van der Waals surface area contributed by atoms with Gasteiger partial charge in [-0.2, -0.15) is 17.0 Å². The molecule has 0 atom stereocenters. The Morgan fingerprint density at radius 3 is 2.39 bits per heavy atom. The zero-order valence-electron chi connectivity index (χ0n) is 12.9. The molecule has 128 valence electrons. The fourth-order valence-electron chi connectivity index (χ4n) is 2.41. The van der Waals surface area contributed by atoms with Gasteiger partial charge < -0.3 is 5.32 Å². The first-order valence-electron chi connectivity index (χ1n) is 7.15. The quantitative estimate of drug-likeness (QED) is 0.896. The van der Waals surface area contributed by atoms with E-state index in [0.29, 0.717) is 18.9 Å². The van der Waals surface area contributed by atoms with Crippen molar-refractivity contribution in [3.63, 3.8) is 0 Å². The van der Waals surface area contributed by atoms with Crippen molar-refractivity contribution >= 4 is 21.8 Å². The Balaban J connectivity index is 1.96. The number of hydrogen-bond acceptors (Lipinski definition) is 3. The van der Waals surface area contributed by atoms with Crippen LogP contribution >= 0.6 is 0 Å². The number of nitrogens with zero attached hydrogens (tertiary/aromatic N) is 2. The first-order chi connectivity index (χ1) is 10.7. The molecule has 1 heterocycles. The van der Waals surface area contributed by atoms with E-state index < -0.39 is 33.7 Å². The third-order valence-electron chi connectivity index (χ3n) is 3.80. The molecule has 1 fully saturated rings. The number of halogens is 2. The Labute approximate surface area is 134 Å². The van der Waals surface area contributed by atoms with Gasteiger partial charge in [0.25, 0.3) is 10.2 Å². The molecule has 1 N–H and O–H groups in total. The average Bonchev–Trinajstić information content (AvgIpc) is 2.50. The van der Waals surface area contributed by atoms with Crippen LogP contribution in [0.25, 0.3) is 0 Å². The summed E-state index contributed by atoms with van der Waals surface area (Å²) in [6.45, 7) is 0.453. The lowest BCUT2D eigenvalue weighted by atomic mass is 9.97.